The van der Waals surface area contributed by atoms with Crippen molar-refractivity contribution in [3.8, 4) is 0 Å². The van der Waals surface area contributed by atoms with Gasteiger partial charge in [-0.3, -0.25) is 25.2 Å². The smallest absolute Gasteiger partial charge is 0.322 e. The fraction of sp³-hybridized carbons (Fsp3) is 0.571. The maximum atomic E-state index is 11.4. The number of carbonyl (C=O) groups is 3. The Labute approximate surface area is 85.9 Å². The summed E-state index contributed by atoms with van der Waals surface area (Å²) < 4.78 is 0. The molecule has 0 aromatic carbocycles. The van der Waals surface area contributed by atoms with Gasteiger partial charge in [0, 0.05) is 6.54 Å². The van der Waals surface area contributed by atoms with Crippen molar-refractivity contribution in [2.24, 2.45) is 11.7 Å². The monoisotopic (exact) mass is 215 g/mol. The van der Waals surface area contributed by atoms with Gasteiger partial charge < -0.3 is 4.90 Å². The lowest BCUT2D eigenvalue weighted by Gasteiger charge is -2.21. The zero-order valence-electron chi connectivity index (χ0n) is 8.03. The number of nitrogens with zero attached hydrogens (tertiary/aromatic N) is 1. The van der Waals surface area contributed by atoms with Gasteiger partial charge in [0.05, 0.1) is 0 Å². The minimum atomic E-state index is -0.938. The number of likely N-dealkylation sites (tertiary alicyclic amines) is 1. The highest BCUT2D eigenvalue weighted by atomic mass is 16.2. The lowest BCUT2D eigenvalue weighted by Crippen LogP contribution is -2.52. The Morgan fingerprint density at radius 3 is 2.40 bits per heavy atom. The number of carbonyl (C=O) groups excluding carboxylic acids is 3. The van der Waals surface area contributed by atoms with E-state index in [1.54, 1.807) is 5.43 Å². The van der Waals surface area contributed by atoms with Crippen LogP contribution in [0.5, 0.6) is 0 Å². The molecule has 6 N–H and O–H groups in total. The number of rotatable bonds is 1. The van der Waals surface area contributed by atoms with Gasteiger partial charge in [0.1, 0.15) is 6.04 Å². The number of amides is 3. The average molecular weight is 215 g/mol. The molecule has 1 atom stereocenters. The molecule has 1 aliphatic rings. The molecule has 1 fully saturated rings. The molecule has 1 unspecified atom stereocenters. The SMILES string of the molecule is NNC(=O)C(=O)N1CCCC1C(=O)NN. The standard InChI is InChI=1S/C7H13N5O3/c8-10-5(13)4-2-1-3-12(4)7(15)6(14)11-9/h4H,1-3,8-9H2,(H,10,13)(H,11,14). The van der Waals surface area contributed by atoms with E-state index >= 15 is 0 Å². The summed E-state index contributed by atoms with van der Waals surface area (Å²) in [5.74, 6) is 7.55. The predicted octanol–water partition coefficient (Wildman–Crippen LogP) is -3.04. The largest absolute Gasteiger partial charge is 0.323 e. The van der Waals surface area contributed by atoms with Crippen LogP contribution < -0.4 is 22.5 Å². The highest BCUT2D eigenvalue weighted by Crippen LogP contribution is 2.17. The fourth-order valence-corrected chi connectivity index (χ4v) is 1.57. The maximum Gasteiger partial charge on any atom is 0.323 e. The molecule has 0 aromatic rings. The summed E-state index contributed by atoms with van der Waals surface area (Å²) in [6.45, 7) is 0.352. The van der Waals surface area contributed by atoms with Crippen molar-refractivity contribution >= 4 is 17.7 Å². The van der Waals surface area contributed by atoms with E-state index in [2.05, 4.69) is 0 Å². The lowest BCUT2D eigenvalue weighted by atomic mass is 10.2. The van der Waals surface area contributed by atoms with Crippen LogP contribution in [0.2, 0.25) is 0 Å². The molecule has 8 heteroatoms. The summed E-state index contributed by atoms with van der Waals surface area (Å²) in [4.78, 5) is 34.8. The topological polar surface area (TPSA) is 131 Å². The van der Waals surface area contributed by atoms with E-state index in [4.69, 9.17) is 11.7 Å². The van der Waals surface area contributed by atoms with Crippen LogP contribution in [-0.2, 0) is 14.4 Å². The third-order valence-corrected chi connectivity index (χ3v) is 2.28. The van der Waals surface area contributed by atoms with Gasteiger partial charge in [-0.15, -0.1) is 0 Å². The molecule has 1 heterocycles. The van der Waals surface area contributed by atoms with Crippen molar-refractivity contribution in [1.82, 2.24) is 15.8 Å². The first-order valence-corrected chi connectivity index (χ1v) is 4.43. The number of hydrogen-bond donors (Lipinski definition) is 4. The van der Waals surface area contributed by atoms with Gasteiger partial charge >= 0.3 is 11.8 Å². The second-order valence-electron chi connectivity index (χ2n) is 3.14. The van der Waals surface area contributed by atoms with E-state index in [1.165, 1.54) is 0 Å². The molecule has 15 heavy (non-hydrogen) atoms. The third kappa shape index (κ3) is 2.22. The van der Waals surface area contributed by atoms with Crippen LogP contribution in [0.15, 0.2) is 0 Å². The number of nitrogens with two attached hydrogens (primary N) is 2. The first-order valence-electron chi connectivity index (χ1n) is 4.43. The van der Waals surface area contributed by atoms with Crippen LogP contribution in [0.3, 0.4) is 0 Å². The Morgan fingerprint density at radius 1 is 1.20 bits per heavy atom. The van der Waals surface area contributed by atoms with Crippen molar-refractivity contribution in [2.45, 2.75) is 18.9 Å². The molecule has 0 bridgehead atoms. The molecule has 8 nitrogen and oxygen atoms in total. The zero-order valence-corrected chi connectivity index (χ0v) is 8.03. The summed E-state index contributed by atoms with van der Waals surface area (Å²) in [5.41, 5.74) is 3.68. The Balaban J connectivity index is 2.72. The number of hydrogen-bond acceptors (Lipinski definition) is 5. The minimum absolute atomic E-state index is 0.352. The minimum Gasteiger partial charge on any atom is -0.322 e. The Kier molecular flexibility index (Phi) is 3.58. The first-order chi connectivity index (χ1) is 7.11. The molecular weight excluding hydrogens is 202 g/mol. The zero-order chi connectivity index (χ0) is 11.4. The van der Waals surface area contributed by atoms with Gasteiger partial charge in [-0.25, -0.2) is 11.7 Å². The molecule has 1 saturated heterocycles. The van der Waals surface area contributed by atoms with Crippen LogP contribution in [0.4, 0.5) is 0 Å². The van der Waals surface area contributed by atoms with Crippen molar-refractivity contribution in [3.63, 3.8) is 0 Å². The Hall–Kier alpha value is -1.67. The van der Waals surface area contributed by atoms with Gasteiger partial charge in [0.15, 0.2) is 0 Å². The Morgan fingerprint density at radius 2 is 1.87 bits per heavy atom. The third-order valence-electron chi connectivity index (χ3n) is 2.28. The van der Waals surface area contributed by atoms with Gasteiger partial charge in [-0.2, -0.15) is 0 Å². The second-order valence-corrected chi connectivity index (χ2v) is 3.14. The average Bonchev–Trinajstić information content (AvgIpc) is 2.74. The molecular formula is C7H13N5O3. The number of nitrogens with one attached hydrogen (secondary N) is 2. The fourth-order valence-electron chi connectivity index (χ4n) is 1.57. The van der Waals surface area contributed by atoms with Crippen molar-refractivity contribution in [3.05, 3.63) is 0 Å². The summed E-state index contributed by atoms with van der Waals surface area (Å²) in [5, 5.41) is 0. The summed E-state index contributed by atoms with van der Waals surface area (Å²) >= 11 is 0. The number of hydrazine groups is 2. The normalized spacial score (nSPS) is 19.9. The molecule has 3 amide bonds. The van der Waals surface area contributed by atoms with E-state index in [0.29, 0.717) is 19.4 Å². The molecule has 0 aliphatic carbocycles. The van der Waals surface area contributed by atoms with E-state index < -0.39 is 23.8 Å². The summed E-state index contributed by atoms with van der Waals surface area (Å²) in [7, 11) is 0. The Bertz CT molecular complexity index is 292. The molecule has 0 spiro atoms. The maximum absolute atomic E-state index is 11.4. The van der Waals surface area contributed by atoms with Gasteiger partial charge in [-0.1, -0.05) is 0 Å². The molecule has 0 saturated carbocycles. The highest BCUT2D eigenvalue weighted by Gasteiger charge is 2.36. The van der Waals surface area contributed by atoms with Gasteiger partial charge in [0.2, 0.25) is 0 Å². The van der Waals surface area contributed by atoms with E-state index in [1.807, 2.05) is 5.43 Å². The molecule has 0 radical (unpaired) electrons. The quantitative estimate of drug-likeness (QED) is 0.160. The second kappa shape index (κ2) is 4.71. The van der Waals surface area contributed by atoms with Gasteiger partial charge in [-0.05, 0) is 12.8 Å². The summed E-state index contributed by atoms with van der Waals surface area (Å²) in [6, 6.07) is -0.681. The van der Waals surface area contributed by atoms with Crippen molar-refractivity contribution in [2.75, 3.05) is 6.54 Å². The van der Waals surface area contributed by atoms with E-state index in [-0.39, 0.29) is 0 Å². The van der Waals surface area contributed by atoms with Gasteiger partial charge in [0.25, 0.3) is 5.91 Å². The molecule has 84 valence electrons. The molecule has 1 rings (SSSR count). The van der Waals surface area contributed by atoms with Crippen LogP contribution in [0, 0.1) is 0 Å². The van der Waals surface area contributed by atoms with Crippen molar-refractivity contribution < 1.29 is 14.4 Å². The lowest BCUT2D eigenvalue weighted by molar-refractivity contribution is -0.148. The van der Waals surface area contributed by atoms with Crippen LogP contribution >= 0.6 is 0 Å². The van der Waals surface area contributed by atoms with Crippen LogP contribution in [0.25, 0.3) is 0 Å². The van der Waals surface area contributed by atoms with E-state index in [9.17, 15) is 14.4 Å². The predicted molar refractivity (Wildman–Crippen MR) is 49.4 cm³/mol. The highest BCUT2D eigenvalue weighted by molar-refractivity contribution is 6.35. The van der Waals surface area contributed by atoms with Crippen LogP contribution in [0.1, 0.15) is 12.8 Å². The molecule has 1 aliphatic heterocycles. The first kappa shape index (κ1) is 11.4. The van der Waals surface area contributed by atoms with E-state index in [0.717, 1.165) is 4.90 Å². The molecule has 0 aromatic heterocycles. The van der Waals surface area contributed by atoms with Crippen LogP contribution in [-0.4, -0.2) is 35.2 Å². The summed E-state index contributed by atoms with van der Waals surface area (Å²) in [6.07, 6.45) is 1.15. The van der Waals surface area contributed by atoms with Crippen molar-refractivity contribution in [1.29, 1.82) is 0 Å².